The van der Waals surface area contributed by atoms with Gasteiger partial charge in [-0.3, -0.25) is 14.4 Å². The van der Waals surface area contributed by atoms with Crippen LogP contribution in [0.1, 0.15) is 37.0 Å². The van der Waals surface area contributed by atoms with Crippen molar-refractivity contribution in [3.05, 3.63) is 29.8 Å². The van der Waals surface area contributed by atoms with Crippen LogP contribution in [-0.2, 0) is 14.4 Å². The summed E-state index contributed by atoms with van der Waals surface area (Å²) in [5.74, 6) is -2.18. The smallest absolute Gasteiger partial charge is 0.326 e. The third-order valence-electron chi connectivity index (χ3n) is 3.98. The van der Waals surface area contributed by atoms with Gasteiger partial charge in [-0.25, -0.2) is 4.79 Å². The lowest BCUT2D eigenvalue weighted by molar-refractivity contribution is -0.148. The number of benzene rings is 1. The van der Waals surface area contributed by atoms with Gasteiger partial charge in [-0.2, -0.15) is 0 Å². The maximum absolute atomic E-state index is 12.4. The molecule has 3 N–H and O–H groups in total. The van der Waals surface area contributed by atoms with Crippen LogP contribution in [0.4, 0.5) is 5.69 Å². The third kappa shape index (κ3) is 4.56. The molecule has 8 nitrogen and oxygen atoms in total. The summed E-state index contributed by atoms with van der Waals surface area (Å²) in [7, 11) is 0. The van der Waals surface area contributed by atoms with E-state index in [1.54, 1.807) is 18.2 Å². The fourth-order valence-corrected chi connectivity index (χ4v) is 2.82. The number of anilines is 1. The molecular formula is C17H21N3O5. The van der Waals surface area contributed by atoms with Crippen molar-refractivity contribution in [1.29, 1.82) is 0 Å². The molecule has 0 aliphatic carbocycles. The number of amides is 3. The first kappa shape index (κ1) is 18.4. The van der Waals surface area contributed by atoms with E-state index < -0.39 is 29.9 Å². The second-order valence-electron chi connectivity index (χ2n) is 5.99. The number of hydrogen-bond acceptors (Lipinski definition) is 4. The maximum Gasteiger partial charge on any atom is 0.326 e. The molecule has 1 aliphatic rings. The number of carboxylic acids is 1. The summed E-state index contributed by atoms with van der Waals surface area (Å²) in [5, 5.41) is 14.3. The van der Waals surface area contributed by atoms with Crippen LogP contribution < -0.4 is 10.6 Å². The molecule has 0 radical (unpaired) electrons. The van der Waals surface area contributed by atoms with Gasteiger partial charge in [0.25, 0.3) is 5.91 Å². The fourth-order valence-electron chi connectivity index (χ4n) is 2.82. The van der Waals surface area contributed by atoms with Crippen LogP contribution in [0.5, 0.6) is 0 Å². The number of rotatable bonds is 5. The molecule has 0 aromatic heterocycles. The first-order chi connectivity index (χ1) is 11.8. The Labute approximate surface area is 145 Å². The maximum atomic E-state index is 12.4. The Morgan fingerprint density at radius 2 is 2.00 bits per heavy atom. The van der Waals surface area contributed by atoms with Gasteiger partial charge in [0.1, 0.15) is 12.1 Å². The van der Waals surface area contributed by atoms with E-state index in [-0.39, 0.29) is 5.91 Å². The molecule has 0 spiro atoms. The number of carbonyl (C=O) groups is 4. The number of nitrogens with zero attached hydrogens (tertiary/aromatic N) is 1. The molecule has 2 rings (SSSR count). The van der Waals surface area contributed by atoms with Gasteiger partial charge < -0.3 is 20.6 Å². The first-order valence-corrected chi connectivity index (χ1v) is 8.01. The second-order valence-corrected chi connectivity index (χ2v) is 5.99. The Morgan fingerprint density at radius 1 is 1.28 bits per heavy atom. The van der Waals surface area contributed by atoms with Gasteiger partial charge in [0, 0.05) is 24.7 Å². The Balaban J connectivity index is 2.03. The molecule has 1 saturated heterocycles. The number of nitrogens with one attached hydrogen (secondary N) is 2. The molecule has 8 heteroatoms. The largest absolute Gasteiger partial charge is 0.480 e. The minimum atomic E-state index is -1.03. The topological polar surface area (TPSA) is 116 Å². The molecule has 1 aliphatic heterocycles. The van der Waals surface area contributed by atoms with Crippen molar-refractivity contribution >= 4 is 29.4 Å². The van der Waals surface area contributed by atoms with Gasteiger partial charge in [-0.1, -0.05) is 6.07 Å². The standard InChI is InChI=1S/C17H21N3O5/c1-10(16(23)20-8-4-7-14(20)17(24)25)18-15(22)12-5-3-6-13(9-12)19-11(2)21/h3,5-6,9-10,14H,4,7-8H2,1-2H3,(H,18,22)(H,19,21)(H,24,25)/t10-,14?/m0/s1. The zero-order chi connectivity index (χ0) is 18.6. The van der Waals surface area contributed by atoms with Gasteiger partial charge >= 0.3 is 5.97 Å². The van der Waals surface area contributed by atoms with Crippen LogP contribution in [-0.4, -0.2) is 52.3 Å². The summed E-state index contributed by atoms with van der Waals surface area (Å²) in [6.07, 6.45) is 1.04. The summed E-state index contributed by atoms with van der Waals surface area (Å²) in [6, 6.07) is 4.64. The molecule has 1 aromatic rings. The number of hydrogen-bond donors (Lipinski definition) is 3. The van der Waals surface area contributed by atoms with Crippen molar-refractivity contribution in [3.63, 3.8) is 0 Å². The molecule has 1 fully saturated rings. The molecule has 3 amide bonds. The summed E-state index contributed by atoms with van der Waals surface area (Å²) in [6.45, 7) is 3.26. The summed E-state index contributed by atoms with van der Waals surface area (Å²) < 4.78 is 0. The highest BCUT2D eigenvalue weighted by molar-refractivity contribution is 5.99. The predicted octanol–water partition coefficient (Wildman–Crippen LogP) is 0.839. The Hall–Kier alpha value is -2.90. The average Bonchev–Trinajstić information content (AvgIpc) is 3.03. The van der Waals surface area contributed by atoms with E-state index in [1.165, 1.54) is 24.8 Å². The van der Waals surface area contributed by atoms with Gasteiger partial charge in [0.05, 0.1) is 0 Å². The van der Waals surface area contributed by atoms with E-state index in [2.05, 4.69) is 10.6 Å². The van der Waals surface area contributed by atoms with E-state index in [4.69, 9.17) is 5.11 Å². The van der Waals surface area contributed by atoms with E-state index in [0.29, 0.717) is 30.6 Å². The van der Waals surface area contributed by atoms with Crippen molar-refractivity contribution in [2.24, 2.45) is 0 Å². The number of carboxylic acid groups (broad SMARTS) is 1. The molecular weight excluding hydrogens is 326 g/mol. The second kappa shape index (κ2) is 7.78. The predicted molar refractivity (Wildman–Crippen MR) is 90.0 cm³/mol. The number of carbonyl (C=O) groups excluding carboxylic acids is 3. The fraction of sp³-hybridized carbons (Fsp3) is 0.412. The number of likely N-dealkylation sites (tertiary alicyclic amines) is 1. The van der Waals surface area contributed by atoms with Crippen LogP contribution in [0.3, 0.4) is 0 Å². The first-order valence-electron chi connectivity index (χ1n) is 8.01. The minimum Gasteiger partial charge on any atom is -0.480 e. The molecule has 1 aromatic carbocycles. The SMILES string of the molecule is CC(=O)Nc1cccc(C(=O)N[C@@H](C)C(=O)N2CCCC2C(=O)O)c1. The van der Waals surface area contributed by atoms with E-state index in [9.17, 15) is 19.2 Å². The lowest BCUT2D eigenvalue weighted by Crippen LogP contribution is -2.50. The van der Waals surface area contributed by atoms with Gasteiger partial charge in [0.15, 0.2) is 0 Å². The molecule has 25 heavy (non-hydrogen) atoms. The van der Waals surface area contributed by atoms with Crippen molar-refractivity contribution in [2.45, 2.75) is 38.8 Å². The highest BCUT2D eigenvalue weighted by Gasteiger charge is 2.36. The van der Waals surface area contributed by atoms with E-state index in [1.807, 2.05) is 0 Å². The van der Waals surface area contributed by atoms with Crippen molar-refractivity contribution < 1.29 is 24.3 Å². The van der Waals surface area contributed by atoms with Crippen LogP contribution in [0.2, 0.25) is 0 Å². The molecule has 0 bridgehead atoms. The van der Waals surface area contributed by atoms with E-state index >= 15 is 0 Å². The van der Waals surface area contributed by atoms with Crippen molar-refractivity contribution in [2.75, 3.05) is 11.9 Å². The monoisotopic (exact) mass is 347 g/mol. The Kier molecular flexibility index (Phi) is 5.74. The average molecular weight is 347 g/mol. The van der Waals surface area contributed by atoms with Crippen LogP contribution in [0.15, 0.2) is 24.3 Å². The summed E-state index contributed by atoms with van der Waals surface area (Å²) >= 11 is 0. The molecule has 1 heterocycles. The van der Waals surface area contributed by atoms with Gasteiger partial charge in [-0.15, -0.1) is 0 Å². The van der Waals surface area contributed by atoms with Crippen LogP contribution >= 0.6 is 0 Å². The lowest BCUT2D eigenvalue weighted by Gasteiger charge is -2.25. The van der Waals surface area contributed by atoms with Crippen LogP contribution in [0, 0.1) is 0 Å². The lowest BCUT2D eigenvalue weighted by atomic mass is 10.1. The van der Waals surface area contributed by atoms with Crippen molar-refractivity contribution in [1.82, 2.24) is 10.2 Å². The Morgan fingerprint density at radius 3 is 2.64 bits per heavy atom. The highest BCUT2D eigenvalue weighted by Crippen LogP contribution is 2.18. The minimum absolute atomic E-state index is 0.255. The van der Waals surface area contributed by atoms with E-state index in [0.717, 1.165) is 0 Å². The van der Waals surface area contributed by atoms with Crippen molar-refractivity contribution in [3.8, 4) is 0 Å². The molecule has 134 valence electrons. The van der Waals surface area contributed by atoms with Crippen LogP contribution in [0.25, 0.3) is 0 Å². The summed E-state index contributed by atoms with van der Waals surface area (Å²) in [5.41, 5.74) is 0.770. The third-order valence-corrected chi connectivity index (χ3v) is 3.98. The summed E-state index contributed by atoms with van der Waals surface area (Å²) in [4.78, 5) is 48.3. The molecule has 0 saturated carbocycles. The Bertz CT molecular complexity index is 703. The highest BCUT2D eigenvalue weighted by atomic mass is 16.4. The van der Waals surface area contributed by atoms with Gasteiger partial charge in [-0.05, 0) is 38.0 Å². The van der Waals surface area contributed by atoms with Gasteiger partial charge in [0.2, 0.25) is 11.8 Å². The number of aliphatic carboxylic acids is 1. The normalized spacial score (nSPS) is 17.7. The zero-order valence-electron chi connectivity index (χ0n) is 14.1. The zero-order valence-corrected chi connectivity index (χ0v) is 14.1. The quantitative estimate of drug-likeness (QED) is 0.730. The molecule has 1 unspecified atom stereocenters. The molecule has 2 atom stereocenters.